The first kappa shape index (κ1) is 17.3. The summed E-state index contributed by atoms with van der Waals surface area (Å²) in [6.07, 6.45) is 4.06. The Labute approximate surface area is 159 Å². The highest BCUT2D eigenvalue weighted by atomic mass is 16.5. The van der Waals surface area contributed by atoms with E-state index in [1.54, 1.807) is 13.3 Å². The maximum Gasteiger partial charge on any atom is 0.251 e. The monoisotopic (exact) mass is 361 g/mol. The molecule has 0 bridgehead atoms. The van der Waals surface area contributed by atoms with E-state index in [0.29, 0.717) is 11.5 Å². The quantitative estimate of drug-likeness (QED) is 0.720. The smallest absolute Gasteiger partial charge is 0.251 e. The van der Waals surface area contributed by atoms with E-state index in [1.807, 2.05) is 66.2 Å². The van der Waals surface area contributed by atoms with Crippen LogP contribution < -0.4 is 10.1 Å². The lowest BCUT2D eigenvalue weighted by Crippen LogP contribution is -2.29. The normalized spacial score (nSPS) is 14.6. The molecule has 1 aliphatic rings. The van der Waals surface area contributed by atoms with Crippen LogP contribution >= 0.6 is 0 Å². The van der Waals surface area contributed by atoms with Gasteiger partial charge in [0.2, 0.25) is 0 Å². The van der Waals surface area contributed by atoms with Gasteiger partial charge in [0.05, 0.1) is 18.8 Å². The molecule has 138 valence electrons. The Hall–Kier alpha value is -3.08. The number of aryl methyl sites for hydroxylation is 1. The first-order chi connectivity index (χ1) is 13.2. The minimum atomic E-state index is -0.0496. The Balaban J connectivity index is 1.50. The Bertz CT molecular complexity index is 925. The molecule has 2 aromatic carbocycles. The summed E-state index contributed by atoms with van der Waals surface area (Å²) >= 11 is 0. The number of nitrogens with one attached hydrogen (secondary N) is 1. The lowest BCUT2D eigenvalue weighted by atomic mass is 10.0. The molecule has 1 heterocycles. The summed E-state index contributed by atoms with van der Waals surface area (Å²) in [5, 5.41) is 7.51. The highest BCUT2D eigenvalue weighted by Crippen LogP contribution is 2.41. The summed E-state index contributed by atoms with van der Waals surface area (Å²) in [4.78, 5) is 12.8. The van der Waals surface area contributed by atoms with E-state index in [-0.39, 0.29) is 11.9 Å². The van der Waals surface area contributed by atoms with E-state index in [2.05, 4.69) is 10.4 Å². The van der Waals surface area contributed by atoms with Crippen molar-refractivity contribution in [2.75, 3.05) is 7.11 Å². The van der Waals surface area contributed by atoms with Crippen LogP contribution in [0.2, 0.25) is 0 Å². The number of carbonyl (C=O) groups excluding carboxylic acids is 1. The zero-order valence-corrected chi connectivity index (χ0v) is 15.6. The Morgan fingerprint density at radius 2 is 1.81 bits per heavy atom. The van der Waals surface area contributed by atoms with Crippen molar-refractivity contribution in [2.45, 2.75) is 25.8 Å². The molecular formula is C22H23N3O2. The second-order valence-corrected chi connectivity index (χ2v) is 6.99. The summed E-state index contributed by atoms with van der Waals surface area (Å²) in [5.74, 6) is 1.28. The van der Waals surface area contributed by atoms with E-state index in [1.165, 1.54) is 0 Å². The van der Waals surface area contributed by atoms with Crippen LogP contribution in [0.1, 0.15) is 40.5 Å². The highest BCUT2D eigenvalue weighted by molar-refractivity contribution is 5.94. The average molecular weight is 361 g/mol. The van der Waals surface area contributed by atoms with Crippen LogP contribution in [0.25, 0.3) is 5.69 Å². The minimum absolute atomic E-state index is 0.0384. The van der Waals surface area contributed by atoms with Crippen LogP contribution in [0.5, 0.6) is 5.75 Å². The van der Waals surface area contributed by atoms with Crippen molar-refractivity contribution in [1.29, 1.82) is 0 Å². The van der Waals surface area contributed by atoms with E-state index in [9.17, 15) is 4.79 Å². The second-order valence-electron chi connectivity index (χ2n) is 6.99. The second kappa shape index (κ2) is 7.27. The molecule has 1 aliphatic carbocycles. The molecule has 1 amide bonds. The van der Waals surface area contributed by atoms with Gasteiger partial charge < -0.3 is 10.1 Å². The van der Waals surface area contributed by atoms with Crippen LogP contribution in [0.15, 0.2) is 60.8 Å². The Morgan fingerprint density at radius 1 is 1.11 bits per heavy atom. The van der Waals surface area contributed by atoms with E-state index in [0.717, 1.165) is 35.5 Å². The molecule has 1 N–H and O–H groups in total. The molecule has 0 saturated heterocycles. The Morgan fingerprint density at radius 3 is 2.37 bits per heavy atom. The third-order valence-electron chi connectivity index (χ3n) is 5.06. The number of amides is 1. The van der Waals surface area contributed by atoms with Crippen molar-refractivity contribution in [3.8, 4) is 11.4 Å². The average Bonchev–Trinajstić information content (AvgIpc) is 3.46. The van der Waals surface area contributed by atoms with Gasteiger partial charge >= 0.3 is 0 Å². The van der Waals surface area contributed by atoms with Crippen molar-refractivity contribution in [3.63, 3.8) is 0 Å². The molecule has 1 fully saturated rings. The largest absolute Gasteiger partial charge is 0.497 e. The minimum Gasteiger partial charge on any atom is -0.497 e. The lowest BCUT2D eigenvalue weighted by Gasteiger charge is -2.19. The molecule has 3 aromatic rings. The van der Waals surface area contributed by atoms with Crippen LogP contribution in [-0.2, 0) is 0 Å². The number of ether oxygens (including phenoxy) is 1. The number of nitrogens with zero attached hydrogens (tertiary/aromatic N) is 2. The van der Waals surface area contributed by atoms with Crippen molar-refractivity contribution in [1.82, 2.24) is 15.1 Å². The molecule has 4 rings (SSSR count). The fourth-order valence-corrected chi connectivity index (χ4v) is 3.33. The number of aromatic nitrogens is 2. The SMILES string of the molecule is COc1ccc([C@H](NC(=O)c2ccc(-n3nccc3C)cc2)C2CC2)cc1. The number of rotatable bonds is 6. The van der Waals surface area contributed by atoms with Gasteiger partial charge in [-0.2, -0.15) is 5.10 Å². The standard InChI is InChI=1S/C22H23N3O2/c1-15-13-14-23-25(15)19-9-5-18(6-10-19)22(26)24-21(16-3-4-16)17-7-11-20(27-2)12-8-17/h5-14,16,21H,3-4H2,1-2H3,(H,24,26)/t21-/m1/s1. The zero-order chi connectivity index (χ0) is 18.8. The molecule has 1 aromatic heterocycles. The van der Waals surface area contributed by atoms with Gasteiger partial charge in [0.15, 0.2) is 0 Å². The number of methoxy groups -OCH3 is 1. The summed E-state index contributed by atoms with van der Waals surface area (Å²) in [6.45, 7) is 2.00. The molecule has 0 aliphatic heterocycles. The third-order valence-corrected chi connectivity index (χ3v) is 5.06. The zero-order valence-electron chi connectivity index (χ0n) is 15.6. The van der Waals surface area contributed by atoms with Gasteiger partial charge in [-0.1, -0.05) is 12.1 Å². The molecule has 5 heteroatoms. The van der Waals surface area contributed by atoms with Crippen molar-refractivity contribution >= 4 is 5.91 Å². The third kappa shape index (κ3) is 3.72. The van der Waals surface area contributed by atoms with Crippen LogP contribution in [0.3, 0.4) is 0 Å². The lowest BCUT2D eigenvalue weighted by molar-refractivity contribution is 0.0931. The molecule has 27 heavy (non-hydrogen) atoms. The van der Waals surface area contributed by atoms with E-state index < -0.39 is 0 Å². The Kier molecular flexibility index (Phi) is 4.67. The van der Waals surface area contributed by atoms with Gasteiger partial charge in [-0.3, -0.25) is 4.79 Å². The molecular weight excluding hydrogens is 338 g/mol. The maximum absolute atomic E-state index is 12.8. The van der Waals surface area contributed by atoms with Gasteiger partial charge in [0.25, 0.3) is 5.91 Å². The molecule has 0 spiro atoms. The summed E-state index contributed by atoms with van der Waals surface area (Å²) < 4.78 is 7.08. The molecule has 5 nitrogen and oxygen atoms in total. The molecule has 0 radical (unpaired) electrons. The number of carbonyl (C=O) groups is 1. The highest BCUT2D eigenvalue weighted by Gasteiger charge is 2.33. The van der Waals surface area contributed by atoms with Gasteiger partial charge in [0.1, 0.15) is 5.75 Å². The number of hydrogen-bond donors (Lipinski definition) is 1. The van der Waals surface area contributed by atoms with E-state index >= 15 is 0 Å². The summed E-state index contributed by atoms with van der Waals surface area (Å²) in [6, 6.07) is 17.5. The first-order valence-electron chi connectivity index (χ1n) is 9.21. The van der Waals surface area contributed by atoms with Crippen LogP contribution in [0.4, 0.5) is 0 Å². The van der Waals surface area contributed by atoms with Crippen LogP contribution in [0, 0.1) is 12.8 Å². The van der Waals surface area contributed by atoms with E-state index in [4.69, 9.17) is 4.74 Å². The van der Waals surface area contributed by atoms with Gasteiger partial charge in [0, 0.05) is 17.5 Å². The molecule has 0 unspecified atom stereocenters. The van der Waals surface area contributed by atoms with Crippen molar-refractivity contribution in [2.24, 2.45) is 5.92 Å². The van der Waals surface area contributed by atoms with Gasteiger partial charge in [-0.15, -0.1) is 0 Å². The summed E-state index contributed by atoms with van der Waals surface area (Å²) in [5.41, 5.74) is 3.78. The predicted molar refractivity (Wildman–Crippen MR) is 104 cm³/mol. The maximum atomic E-state index is 12.8. The van der Waals surface area contributed by atoms with Gasteiger partial charge in [-0.25, -0.2) is 4.68 Å². The number of benzene rings is 2. The van der Waals surface area contributed by atoms with Crippen molar-refractivity contribution < 1.29 is 9.53 Å². The van der Waals surface area contributed by atoms with Crippen molar-refractivity contribution in [3.05, 3.63) is 77.6 Å². The number of hydrogen-bond acceptors (Lipinski definition) is 3. The van der Waals surface area contributed by atoms with Gasteiger partial charge in [-0.05, 0) is 73.7 Å². The topological polar surface area (TPSA) is 56.1 Å². The van der Waals surface area contributed by atoms with Crippen LogP contribution in [-0.4, -0.2) is 22.8 Å². The fraction of sp³-hybridized carbons (Fsp3) is 0.273. The first-order valence-corrected chi connectivity index (χ1v) is 9.21. The predicted octanol–water partition coefficient (Wildman–Crippen LogP) is 4.07. The summed E-state index contributed by atoms with van der Waals surface area (Å²) in [7, 11) is 1.66. The molecule has 1 saturated carbocycles. The molecule has 1 atom stereocenters. The fourth-order valence-electron chi connectivity index (χ4n) is 3.33.